The summed E-state index contributed by atoms with van der Waals surface area (Å²) in [5.41, 5.74) is 0.770. The summed E-state index contributed by atoms with van der Waals surface area (Å²) >= 11 is 0. The molecule has 192 valence electrons. The molecule has 0 aliphatic carbocycles. The van der Waals surface area contributed by atoms with E-state index in [1.165, 1.54) is 15.3 Å². The van der Waals surface area contributed by atoms with Crippen molar-refractivity contribution < 1.29 is 31.6 Å². The largest absolute Gasteiger partial charge is 0.322 e. The van der Waals surface area contributed by atoms with Gasteiger partial charge in [-0.1, -0.05) is 6.07 Å². The fourth-order valence-electron chi connectivity index (χ4n) is 5.23. The van der Waals surface area contributed by atoms with Gasteiger partial charge < -0.3 is 4.90 Å². The number of amides is 3. The van der Waals surface area contributed by atoms with Gasteiger partial charge >= 0.3 is 0 Å². The summed E-state index contributed by atoms with van der Waals surface area (Å²) in [6.45, 7) is 0.320. The van der Waals surface area contributed by atoms with E-state index >= 15 is 4.39 Å². The number of nitrogens with one attached hydrogen (secondary N) is 1. The lowest BCUT2D eigenvalue weighted by molar-refractivity contribution is -0.136. The molecule has 9 nitrogen and oxygen atoms in total. The van der Waals surface area contributed by atoms with Crippen molar-refractivity contribution in [2.24, 2.45) is 0 Å². The van der Waals surface area contributed by atoms with Crippen LogP contribution < -0.4 is 5.32 Å². The van der Waals surface area contributed by atoms with Crippen LogP contribution >= 0.6 is 0 Å². The second kappa shape index (κ2) is 9.32. The van der Waals surface area contributed by atoms with Crippen molar-refractivity contribution in [2.45, 2.75) is 49.1 Å². The van der Waals surface area contributed by atoms with E-state index in [-0.39, 0.29) is 54.4 Å². The number of nitrogens with zero attached hydrogens (tertiary/aromatic N) is 3. The molecule has 0 aromatic heterocycles. The van der Waals surface area contributed by atoms with Gasteiger partial charge in [0.2, 0.25) is 21.8 Å². The quantitative estimate of drug-likeness (QED) is 0.606. The molecule has 1 atom stereocenters. The van der Waals surface area contributed by atoms with Gasteiger partial charge in [0.05, 0.1) is 10.5 Å². The predicted molar refractivity (Wildman–Crippen MR) is 124 cm³/mol. The standard InChI is InChI=1S/C25H22F2N4O5S/c26-20-2-1-17(9-15(20)12-28)37(35,36)30-7-5-14(6-8-30)18-10-16-13-31(25(34)19(16)11-21(18)27)22-3-4-23(32)29-24(22)33/h1-2,9-11,14,22H,3-8,13H2,(H,29,32,33). The first-order chi connectivity index (χ1) is 17.6. The topological polar surface area (TPSA) is 128 Å². The maximum Gasteiger partial charge on any atom is 0.255 e. The molecule has 0 radical (unpaired) electrons. The third-order valence-electron chi connectivity index (χ3n) is 7.23. The van der Waals surface area contributed by atoms with Crippen LogP contribution in [0.15, 0.2) is 35.2 Å². The van der Waals surface area contributed by atoms with Crippen LogP contribution in [-0.2, 0) is 26.2 Å². The van der Waals surface area contributed by atoms with E-state index in [9.17, 15) is 27.2 Å². The molecule has 3 aliphatic heterocycles. The Bertz CT molecular complexity index is 1480. The summed E-state index contributed by atoms with van der Waals surface area (Å²) in [7, 11) is -3.96. The first-order valence-electron chi connectivity index (χ1n) is 11.8. The zero-order valence-electron chi connectivity index (χ0n) is 19.5. The Balaban J connectivity index is 1.31. The van der Waals surface area contributed by atoms with E-state index in [1.54, 1.807) is 12.1 Å². The molecular weight excluding hydrogens is 506 g/mol. The Morgan fingerprint density at radius 1 is 1.00 bits per heavy atom. The zero-order chi connectivity index (χ0) is 26.5. The van der Waals surface area contributed by atoms with Crippen LogP contribution in [0.5, 0.6) is 0 Å². The Labute approximate surface area is 211 Å². The van der Waals surface area contributed by atoms with Crippen LogP contribution in [-0.4, -0.2) is 54.5 Å². The highest BCUT2D eigenvalue weighted by Crippen LogP contribution is 2.36. The molecule has 3 heterocycles. The number of hydrogen-bond donors (Lipinski definition) is 1. The minimum absolute atomic E-state index is 0.101. The number of halogens is 2. The van der Waals surface area contributed by atoms with Gasteiger partial charge in [0.15, 0.2) is 0 Å². The van der Waals surface area contributed by atoms with E-state index in [2.05, 4.69) is 5.32 Å². The Morgan fingerprint density at radius 2 is 1.73 bits per heavy atom. The molecule has 2 aromatic rings. The average molecular weight is 529 g/mol. The van der Waals surface area contributed by atoms with Gasteiger partial charge in [-0.3, -0.25) is 19.7 Å². The number of sulfonamides is 1. The minimum Gasteiger partial charge on any atom is -0.322 e. The SMILES string of the molecule is N#Cc1cc(S(=O)(=O)N2CCC(c3cc4c(cc3F)C(=O)N(C3CCC(=O)NC3=O)C4)CC2)ccc1F. The van der Waals surface area contributed by atoms with Gasteiger partial charge in [-0.05, 0) is 60.6 Å². The molecular formula is C25H22F2N4O5S. The smallest absolute Gasteiger partial charge is 0.255 e. The molecule has 0 spiro atoms. The van der Waals surface area contributed by atoms with Gasteiger partial charge in [0, 0.05) is 31.6 Å². The summed E-state index contributed by atoms with van der Waals surface area (Å²) in [5.74, 6) is -3.07. The number of fused-ring (bicyclic) bond motifs is 1. The van der Waals surface area contributed by atoms with Crippen LogP contribution in [0.25, 0.3) is 0 Å². The van der Waals surface area contributed by atoms with E-state index in [0.29, 0.717) is 24.0 Å². The van der Waals surface area contributed by atoms with Crippen molar-refractivity contribution >= 4 is 27.7 Å². The molecule has 1 unspecified atom stereocenters. The summed E-state index contributed by atoms with van der Waals surface area (Å²) in [4.78, 5) is 37.8. The van der Waals surface area contributed by atoms with Crippen molar-refractivity contribution in [1.29, 1.82) is 5.26 Å². The highest BCUT2D eigenvalue weighted by molar-refractivity contribution is 7.89. The Hall–Kier alpha value is -3.69. The first kappa shape index (κ1) is 25.0. The van der Waals surface area contributed by atoms with Crippen LogP contribution in [0.2, 0.25) is 0 Å². The van der Waals surface area contributed by atoms with Crippen molar-refractivity contribution in [3.8, 4) is 6.07 Å². The number of rotatable bonds is 4. The Morgan fingerprint density at radius 3 is 2.41 bits per heavy atom. The molecule has 0 bridgehead atoms. The number of nitriles is 1. The van der Waals surface area contributed by atoms with Gasteiger partial charge in [0.25, 0.3) is 5.91 Å². The summed E-state index contributed by atoms with van der Waals surface area (Å²) < 4.78 is 56.0. The summed E-state index contributed by atoms with van der Waals surface area (Å²) in [6, 6.07) is 6.68. The van der Waals surface area contributed by atoms with Crippen molar-refractivity contribution in [3.63, 3.8) is 0 Å². The third kappa shape index (κ3) is 4.38. The number of carbonyl (C=O) groups is 3. The van der Waals surface area contributed by atoms with Gasteiger partial charge in [-0.2, -0.15) is 9.57 Å². The van der Waals surface area contributed by atoms with Crippen LogP contribution in [0.3, 0.4) is 0 Å². The average Bonchev–Trinajstić information content (AvgIpc) is 3.18. The second-order valence-corrected chi connectivity index (χ2v) is 11.3. The molecule has 0 saturated carbocycles. The highest BCUT2D eigenvalue weighted by Gasteiger charge is 2.40. The van der Waals surface area contributed by atoms with E-state index in [0.717, 1.165) is 18.2 Å². The maximum absolute atomic E-state index is 15.1. The molecule has 5 rings (SSSR count). The molecule has 2 saturated heterocycles. The third-order valence-corrected chi connectivity index (χ3v) is 9.13. The van der Waals surface area contributed by atoms with E-state index < -0.39 is 45.4 Å². The maximum atomic E-state index is 15.1. The number of imide groups is 1. The molecule has 3 amide bonds. The van der Waals surface area contributed by atoms with Crippen LogP contribution in [0.1, 0.15) is 58.6 Å². The normalized spacial score (nSPS) is 21.1. The highest BCUT2D eigenvalue weighted by atomic mass is 32.2. The summed E-state index contributed by atoms with van der Waals surface area (Å²) in [6.07, 6.45) is 0.974. The molecule has 3 aliphatic rings. The fraction of sp³-hybridized carbons (Fsp3) is 0.360. The number of benzene rings is 2. The van der Waals surface area contributed by atoms with Gasteiger partial charge in [-0.15, -0.1) is 0 Å². The van der Waals surface area contributed by atoms with Crippen LogP contribution in [0, 0.1) is 23.0 Å². The zero-order valence-corrected chi connectivity index (χ0v) is 20.4. The lowest BCUT2D eigenvalue weighted by atomic mass is 9.88. The van der Waals surface area contributed by atoms with Gasteiger partial charge in [-0.25, -0.2) is 17.2 Å². The fourth-order valence-corrected chi connectivity index (χ4v) is 6.72. The number of hydrogen-bond acceptors (Lipinski definition) is 6. The predicted octanol–water partition coefficient (Wildman–Crippen LogP) is 2.17. The Kier molecular flexibility index (Phi) is 6.29. The lowest BCUT2D eigenvalue weighted by Crippen LogP contribution is -2.52. The molecule has 2 fully saturated rings. The minimum atomic E-state index is -3.96. The summed E-state index contributed by atoms with van der Waals surface area (Å²) in [5, 5.41) is 11.2. The first-order valence-corrected chi connectivity index (χ1v) is 13.2. The van der Waals surface area contributed by atoms with Crippen molar-refractivity contribution in [3.05, 3.63) is 64.2 Å². The molecule has 12 heteroatoms. The number of carbonyl (C=O) groups excluding carboxylic acids is 3. The van der Waals surface area contributed by atoms with Crippen molar-refractivity contribution in [2.75, 3.05) is 13.1 Å². The van der Waals surface area contributed by atoms with Crippen molar-refractivity contribution in [1.82, 2.24) is 14.5 Å². The van der Waals surface area contributed by atoms with E-state index in [4.69, 9.17) is 5.26 Å². The van der Waals surface area contributed by atoms with Crippen LogP contribution in [0.4, 0.5) is 8.78 Å². The lowest BCUT2D eigenvalue weighted by Gasteiger charge is -2.31. The molecule has 2 aromatic carbocycles. The van der Waals surface area contributed by atoms with Gasteiger partial charge in [0.1, 0.15) is 23.7 Å². The van der Waals surface area contributed by atoms with E-state index in [1.807, 2.05) is 0 Å². The number of piperidine rings is 2. The molecule has 37 heavy (non-hydrogen) atoms. The monoisotopic (exact) mass is 528 g/mol. The second-order valence-electron chi connectivity index (χ2n) is 9.36. The molecule has 1 N–H and O–H groups in total.